The summed E-state index contributed by atoms with van der Waals surface area (Å²) in [5.41, 5.74) is 2.09. The van der Waals surface area contributed by atoms with Crippen LogP contribution in [0.25, 0.3) is 6.08 Å². The van der Waals surface area contributed by atoms with Crippen molar-refractivity contribution in [2.45, 2.75) is 20.4 Å². The van der Waals surface area contributed by atoms with Gasteiger partial charge < -0.3 is 14.8 Å². The smallest absolute Gasteiger partial charge is 0.244 e. The molecule has 0 atom stereocenters. The van der Waals surface area contributed by atoms with E-state index in [0.29, 0.717) is 40.8 Å². The van der Waals surface area contributed by atoms with Crippen LogP contribution < -0.4 is 14.8 Å². The predicted octanol–water partition coefficient (Wildman–Crippen LogP) is 4.52. The van der Waals surface area contributed by atoms with Crippen molar-refractivity contribution in [2.24, 2.45) is 0 Å². The average molecular weight is 378 g/mol. The summed E-state index contributed by atoms with van der Waals surface area (Å²) in [6.45, 7) is 4.33. The van der Waals surface area contributed by atoms with Gasteiger partial charge >= 0.3 is 0 Å². The molecular weight excluding hydrogens is 357 g/mol. The molecule has 0 saturated carbocycles. The van der Waals surface area contributed by atoms with E-state index in [1.807, 2.05) is 6.92 Å². The Morgan fingerprint density at radius 3 is 2.73 bits per heavy atom. The maximum absolute atomic E-state index is 13.2. The summed E-state index contributed by atoms with van der Waals surface area (Å²) in [7, 11) is 1.53. The lowest BCUT2D eigenvalue weighted by Crippen LogP contribution is -2.20. The van der Waals surface area contributed by atoms with E-state index >= 15 is 0 Å². The Morgan fingerprint density at radius 1 is 1.31 bits per heavy atom. The molecular formula is C20H21ClFNO3. The van der Waals surface area contributed by atoms with E-state index in [-0.39, 0.29) is 11.7 Å². The number of amides is 1. The highest BCUT2D eigenvalue weighted by molar-refractivity contribution is 6.32. The van der Waals surface area contributed by atoms with Gasteiger partial charge in [-0.2, -0.15) is 0 Å². The van der Waals surface area contributed by atoms with Gasteiger partial charge in [0.1, 0.15) is 5.82 Å². The highest BCUT2D eigenvalue weighted by Gasteiger charge is 2.10. The van der Waals surface area contributed by atoms with Crippen LogP contribution in [0.15, 0.2) is 36.4 Å². The van der Waals surface area contributed by atoms with Crippen molar-refractivity contribution in [1.82, 2.24) is 5.32 Å². The first kappa shape index (κ1) is 19.8. The third kappa shape index (κ3) is 5.23. The quantitative estimate of drug-likeness (QED) is 0.721. The Bertz CT molecular complexity index is 821. The topological polar surface area (TPSA) is 47.6 Å². The normalized spacial score (nSPS) is 10.8. The van der Waals surface area contributed by atoms with Crippen LogP contribution >= 0.6 is 11.6 Å². The maximum atomic E-state index is 13.2. The number of rotatable bonds is 7. The van der Waals surface area contributed by atoms with E-state index in [2.05, 4.69) is 5.32 Å². The van der Waals surface area contributed by atoms with Crippen molar-refractivity contribution in [3.05, 3.63) is 63.9 Å². The zero-order chi connectivity index (χ0) is 19.1. The van der Waals surface area contributed by atoms with Gasteiger partial charge in [-0.25, -0.2) is 4.39 Å². The number of benzene rings is 2. The van der Waals surface area contributed by atoms with Crippen molar-refractivity contribution in [3.8, 4) is 11.5 Å². The molecule has 0 aliphatic carbocycles. The van der Waals surface area contributed by atoms with Crippen LogP contribution in [0.3, 0.4) is 0 Å². The lowest BCUT2D eigenvalue weighted by molar-refractivity contribution is -0.116. The molecule has 138 valence electrons. The van der Waals surface area contributed by atoms with Crippen molar-refractivity contribution in [3.63, 3.8) is 0 Å². The molecule has 0 spiro atoms. The van der Waals surface area contributed by atoms with E-state index < -0.39 is 0 Å². The van der Waals surface area contributed by atoms with E-state index in [1.54, 1.807) is 37.3 Å². The summed E-state index contributed by atoms with van der Waals surface area (Å²) in [5.74, 6) is 0.448. The fraction of sp³-hybridized carbons (Fsp3) is 0.250. The molecule has 0 bridgehead atoms. The predicted molar refractivity (Wildman–Crippen MR) is 101 cm³/mol. The van der Waals surface area contributed by atoms with E-state index in [0.717, 1.165) is 5.56 Å². The molecule has 0 saturated heterocycles. The van der Waals surface area contributed by atoms with E-state index in [1.165, 1.54) is 19.3 Å². The summed E-state index contributed by atoms with van der Waals surface area (Å²) in [6.07, 6.45) is 3.04. The second-order valence-corrected chi connectivity index (χ2v) is 6.01. The highest BCUT2D eigenvalue weighted by Crippen LogP contribution is 2.36. The molecule has 0 unspecified atom stereocenters. The van der Waals surface area contributed by atoms with Crippen molar-refractivity contribution in [1.29, 1.82) is 0 Å². The first-order chi connectivity index (χ1) is 12.4. The minimum atomic E-state index is -0.268. The van der Waals surface area contributed by atoms with Gasteiger partial charge in [0, 0.05) is 12.6 Å². The van der Waals surface area contributed by atoms with Crippen LogP contribution in [0.5, 0.6) is 11.5 Å². The number of nitrogens with one attached hydrogen (secondary N) is 1. The minimum absolute atomic E-state index is 0.263. The Balaban J connectivity index is 2.03. The van der Waals surface area contributed by atoms with Gasteiger partial charge in [-0.15, -0.1) is 0 Å². The van der Waals surface area contributed by atoms with Crippen LogP contribution in [0.1, 0.15) is 23.6 Å². The summed E-state index contributed by atoms with van der Waals surface area (Å²) in [5, 5.41) is 3.16. The number of hydrogen-bond donors (Lipinski definition) is 1. The van der Waals surface area contributed by atoms with Crippen LogP contribution in [0.4, 0.5) is 4.39 Å². The molecule has 2 rings (SSSR count). The molecule has 4 nitrogen and oxygen atoms in total. The first-order valence-corrected chi connectivity index (χ1v) is 8.53. The average Bonchev–Trinajstić information content (AvgIpc) is 2.62. The third-order valence-corrected chi connectivity index (χ3v) is 3.94. The van der Waals surface area contributed by atoms with Crippen LogP contribution in [0.2, 0.25) is 5.02 Å². The number of carbonyl (C=O) groups is 1. The molecule has 0 aliphatic rings. The summed E-state index contributed by atoms with van der Waals surface area (Å²) < 4.78 is 24.0. The fourth-order valence-corrected chi connectivity index (χ4v) is 2.63. The van der Waals surface area contributed by atoms with Gasteiger partial charge in [-0.1, -0.05) is 23.7 Å². The number of methoxy groups -OCH3 is 1. The SMILES string of the molecule is CCOc1c(Cl)cc(/C=C/C(=O)NCc2ccc(F)c(C)c2)cc1OC. The monoisotopic (exact) mass is 377 g/mol. The van der Waals surface area contributed by atoms with Crippen LogP contribution in [-0.4, -0.2) is 19.6 Å². The number of aryl methyl sites for hydroxylation is 1. The fourth-order valence-electron chi connectivity index (χ4n) is 2.36. The summed E-state index contributed by atoms with van der Waals surface area (Å²) in [6, 6.07) is 8.17. The molecule has 0 aliphatic heterocycles. The second-order valence-electron chi connectivity index (χ2n) is 5.60. The zero-order valence-electron chi connectivity index (χ0n) is 14.9. The van der Waals surface area contributed by atoms with Crippen molar-refractivity contribution >= 4 is 23.6 Å². The van der Waals surface area contributed by atoms with Crippen LogP contribution in [-0.2, 0) is 11.3 Å². The maximum Gasteiger partial charge on any atom is 0.244 e. The van der Waals surface area contributed by atoms with Gasteiger partial charge in [-0.3, -0.25) is 4.79 Å². The van der Waals surface area contributed by atoms with Gasteiger partial charge in [-0.05, 0) is 54.8 Å². The van der Waals surface area contributed by atoms with E-state index in [9.17, 15) is 9.18 Å². The Kier molecular flexibility index (Phi) is 7.04. The molecule has 2 aromatic carbocycles. The minimum Gasteiger partial charge on any atom is -0.493 e. The highest BCUT2D eigenvalue weighted by atomic mass is 35.5. The molecule has 26 heavy (non-hydrogen) atoms. The lowest BCUT2D eigenvalue weighted by Gasteiger charge is -2.11. The molecule has 0 aromatic heterocycles. The summed E-state index contributed by atoms with van der Waals surface area (Å²) in [4.78, 5) is 12.0. The molecule has 0 fully saturated rings. The summed E-state index contributed by atoms with van der Waals surface area (Å²) >= 11 is 6.21. The van der Waals surface area contributed by atoms with Gasteiger partial charge in [0.2, 0.25) is 5.91 Å². The largest absolute Gasteiger partial charge is 0.493 e. The Morgan fingerprint density at radius 2 is 2.08 bits per heavy atom. The molecule has 1 N–H and O–H groups in total. The molecule has 0 radical (unpaired) electrons. The van der Waals surface area contributed by atoms with Gasteiger partial charge in [0.05, 0.1) is 18.7 Å². The standard InChI is InChI=1S/C20H21ClFNO3/c1-4-26-20-16(21)10-14(11-18(20)25-3)6-8-19(24)23-12-15-5-7-17(22)13(2)9-15/h5-11H,4,12H2,1-3H3,(H,23,24)/b8-6+. The van der Waals surface area contributed by atoms with Crippen LogP contribution in [0, 0.1) is 12.7 Å². The second kappa shape index (κ2) is 9.25. The van der Waals surface area contributed by atoms with Gasteiger partial charge in [0.25, 0.3) is 0 Å². The third-order valence-electron chi connectivity index (χ3n) is 3.66. The Hall–Kier alpha value is -2.53. The lowest BCUT2D eigenvalue weighted by atomic mass is 10.1. The molecule has 1 amide bonds. The molecule has 6 heteroatoms. The number of halogens is 2. The Labute approximate surface area is 157 Å². The van der Waals surface area contributed by atoms with Crippen molar-refractivity contribution < 1.29 is 18.7 Å². The number of ether oxygens (including phenoxy) is 2. The van der Waals surface area contributed by atoms with E-state index in [4.69, 9.17) is 21.1 Å². The first-order valence-electron chi connectivity index (χ1n) is 8.15. The molecule has 2 aromatic rings. The molecule has 0 heterocycles. The zero-order valence-corrected chi connectivity index (χ0v) is 15.7. The van der Waals surface area contributed by atoms with Crippen molar-refractivity contribution in [2.75, 3.05) is 13.7 Å². The van der Waals surface area contributed by atoms with Gasteiger partial charge in [0.15, 0.2) is 11.5 Å². The number of carbonyl (C=O) groups excluding carboxylic acids is 1. The number of hydrogen-bond acceptors (Lipinski definition) is 3.